The molecule has 0 fully saturated rings. The van der Waals surface area contributed by atoms with Crippen LogP contribution in [-0.4, -0.2) is 30.7 Å². The van der Waals surface area contributed by atoms with E-state index >= 15 is 0 Å². The lowest BCUT2D eigenvalue weighted by Crippen LogP contribution is -2.46. The molecule has 0 bridgehead atoms. The maximum Gasteiger partial charge on any atom is 0.273 e. The van der Waals surface area contributed by atoms with E-state index in [-0.39, 0.29) is 18.0 Å². The lowest BCUT2D eigenvalue weighted by molar-refractivity contribution is -0.384. The lowest BCUT2D eigenvalue weighted by Gasteiger charge is -2.23. The van der Waals surface area contributed by atoms with Gasteiger partial charge in [0.25, 0.3) is 5.69 Å². The molecule has 1 aromatic carbocycles. The summed E-state index contributed by atoms with van der Waals surface area (Å²) in [4.78, 5) is 10.2. The zero-order valence-corrected chi connectivity index (χ0v) is 12.4. The quantitative estimate of drug-likeness (QED) is 0.583. The number of methoxy groups -OCH3 is 1. The molecule has 1 aromatic rings. The third-order valence-corrected chi connectivity index (χ3v) is 2.89. The van der Waals surface area contributed by atoms with Crippen molar-refractivity contribution in [2.75, 3.05) is 20.3 Å². The van der Waals surface area contributed by atoms with Gasteiger partial charge >= 0.3 is 0 Å². The number of benzene rings is 1. The van der Waals surface area contributed by atoms with E-state index in [2.05, 4.69) is 11.4 Å². The van der Waals surface area contributed by atoms with Crippen LogP contribution in [0.15, 0.2) is 18.2 Å². The first-order valence-corrected chi connectivity index (χ1v) is 6.57. The highest BCUT2D eigenvalue weighted by Crippen LogP contribution is 2.31. The van der Waals surface area contributed by atoms with E-state index in [1.807, 2.05) is 6.92 Å². The topological polar surface area (TPSA) is 97.4 Å². The van der Waals surface area contributed by atoms with Crippen LogP contribution >= 0.6 is 0 Å². The maximum atomic E-state index is 10.7. The van der Waals surface area contributed by atoms with Gasteiger partial charge < -0.3 is 9.47 Å². The number of nitrogens with one attached hydrogen (secondary N) is 1. The van der Waals surface area contributed by atoms with Gasteiger partial charge in [-0.2, -0.15) is 5.26 Å². The van der Waals surface area contributed by atoms with Crippen LogP contribution < -0.4 is 14.8 Å². The van der Waals surface area contributed by atoms with E-state index in [9.17, 15) is 15.4 Å². The first-order valence-electron chi connectivity index (χ1n) is 6.57. The molecule has 0 saturated heterocycles. The Kier molecular flexibility index (Phi) is 5.93. The third-order valence-electron chi connectivity index (χ3n) is 2.89. The van der Waals surface area contributed by atoms with E-state index in [1.165, 1.54) is 25.3 Å². The lowest BCUT2D eigenvalue weighted by atomic mass is 10.1. The van der Waals surface area contributed by atoms with E-state index in [4.69, 9.17) is 9.47 Å². The molecular weight excluding hydrogens is 274 g/mol. The highest BCUT2D eigenvalue weighted by molar-refractivity contribution is 5.48. The van der Waals surface area contributed by atoms with Gasteiger partial charge in [0.2, 0.25) is 0 Å². The molecule has 0 aliphatic carbocycles. The Morgan fingerprint density at radius 3 is 2.71 bits per heavy atom. The van der Waals surface area contributed by atoms with E-state index in [0.29, 0.717) is 12.3 Å². The van der Waals surface area contributed by atoms with Gasteiger partial charge in [-0.05, 0) is 26.0 Å². The highest BCUT2D eigenvalue weighted by atomic mass is 16.6. The van der Waals surface area contributed by atoms with Gasteiger partial charge in [-0.25, -0.2) is 0 Å². The number of nitriles is 1. The largest absolute Gasteiger partial charge is 0.493 e. The number of ether oxygens (including phenoxy) is 2. The summed E-state index contributed by atoms with van der Waals surface area (Å²) in [6, 6.07) is 6.26. The average Bonchev–Trinajstić information content (AvgIpc) is 2.50. The van der Waals surface area contributed by atoms with Crippen molar-refractivity contribution in [3.63, 3.8) is 0 Å². The molecule has 0 radical (unpaired) electrons. The van der Waals surface area contributed by atoms with E-state index < -0.39 is 10.5 Å². The van der Waals surface area contributed by atoms with Crippen LogP contribution in [0.2, 0.25) is 0 Å². The molecule has 1 atom stereocenters. The minimum absolute atomic E-state index is 0.0775. The number of nitro benzene ring substituents is 1. The van der Waals surface area contributed by atoms with Gasteiger partial charge in [0.15, 0.2) is 11.5 Å². The van der Waals surface area contributed by atoms with Crippen molar-refractivity contribution < 1.29 is 14.4 Å². The molecule has 114 valence electrons. The van der Waals surface area contributed by atoms with Crippen molar-refractivity contribution in [2.45, 2.75) is 25.8 Å². The van der Waals surface area contributed by atoms with E-state index in [1.54, 1.807) is 6.92 Å². The second kappa shape index (κ2) is 7.45. The molecule has 0 heterocycles. The fourth-order valence-corrected chi connectivity index (χ4v) is 1.63. The minimum Gasteiger partial charge on any atom is -0.493 e. The van der Waals surface area contributed by atoms with Crippen LogP contribution in [0.5, 0.6) is 11.5 Å². The molecule has 0 amide bonds. The van der Waals surface area contributed by atoms with Gasteiger partial charge in [-0.1, -0.05) is 6.92 Å². The van der Waals surface area contributed by atoms with Crippen molar-refractivity contribution in [1.82, 2.24) is 5.32 Å². The molecular formula is C14H19N3O4. The summed E-state index contributed by atoms with van der Waals surface area (Å²) >= 11 is 0. The molecule has 0 aromatic heterocycles. The van der Waals surface area contributed by atoms with Gasteiger partial charge in [0.05, 0.1) is 24.2 Å². The number of hydrogen-bond acceptors (Lipinski definition) is 6. The fraction of sp³-hybridized carbons (Fsp3) is 0.500. The molecule has 7 nitrogen and oxygen atoms in total. The van der Waals surface area contributed by atoms with Crippen molar-refractivity contribution in [2.24, 2.45) is 0 Å². The molecule has 21 heavy (non-hydrogen) atoms. The average molecular weight is 293 g/mol. The third kappa shape index (κ3) is 4.61. The summed E-state index contributed by atoms with van der Waals surface area (Å²) in [5, 5.41) is 23.0. The normalized spacial score (nSPS) is 13.0. The van der Waals surface area contributed by atoms with E-state index in [0.717, 1.165) is 6.42 Å². The standard InChI is InChI=1S/C14H19N3O4/c1-4-7-16-14(2,9-15)10-21-12-6-5-11(17(18)19)8-13(12)20-3/h5-6,8,16H,4,7,10H2,1-3H3. The number of nitro groups is 1. The Morgan fingerprint density at radius 2 is 2.19 bits per heavy atom. The van der Waals surface area contributed by atoms with Crippen LogP contribution in [-0.2, 0) is 0 Å². The molecule has 0 aliphatic heterocycles. The number of rotatable bonds is 8. The molecule has 1 rings (SSSR count). The zero-order chi connectivity index (χ0) is 15.9. The van der Waals surface area contributed by atoms with Crippen molar-refractivity contribution in [1.29, 1.82) is 5.26 Å². The van der Waals surface area contributed by atoms with Crippen molar-refractivity contribution >= 4 is 5.69 Å². The number of nitrogens with zero attached hydrogens (tertiary/aromatic N) is 2. The summed E-state index contributed by atoms with van der Waals surface area (Å²) in [5.74, 6) is 0.628. The Morgan fingerprint density at radius 1 is 1.48 bits per heavy atom. The Balaban J connectivity index is 2.83. The summed E-state index contributed by atoms with van der Waals surface area (Å²) in [7, 11) is 1.41. The van der Waals surface area contributed by atoms with Crippen LogP contribution in [0.3, 0.4) is 0 Å². The van der Waals surface area contributed by atoms with Crippen LogP contribution in [0.4, 0.5) is 5.69 Å². The Labute approximate surface area is 123 Å². The molecule has 1 N–H and O–H groups in total. The molecule has 0 aliphatic rings. The Bertz CT molecular complexity index is 542. The summed E-state index contributed by atoms with van der Waals surface area (Å²) in [5.41, 5.74) is -0.908. The summed E-state index contributed by atoms with van der Waals surface area (Å²) in [6.45, 7) is 4.55. The summed E-state index contributed by atoms with van der Waals surface area (Å²) < 4.78 is 10.7. The van der Waals surface area contributed by atoms with Crippen LogP contribution in [0, 0.1) is 21.4 Å². The number of non-ortho nitro benzene ring substituents is 1. The van der Waals surface area contributed by atoms with Crippen molar-refractivity contribution in [3.8, 4) is 17.6 Å². The first-order chi connectivity index (χ1) is 9.95. The fourth-order valence-electron chi connectivity index (χ4n) is 1.63. The van der Waals surface area contributed by atoms with Gasteiger partial charge in [0, 0.05) is 6.07 Å². The second-order valence-electron chi connectivity index (χ2n) is 4.75. The first kappa shape index (κ1) is 16.7. The predicted molar refractivity (Wildman–Crippen MR) is 77.5 cm³/mol. The number of hydrogen-bond donors (Lipinski definition) is 1. The SMILES string of the molecule is CCCNC(C)(C#N)COc1ccc([N+](=O)[O-])cc1OC. The zero-order valence-electron chi connectivity index (χ0n) is 12.4. The van der Waals surface area contributed by atoms with Gasteiger partial charge in [-0.15, -0.1) is 0 Å². The van der Waals surface area contributed by atoms with Gasteiger partial charge in [-0.3, -0.25) is 15.4 Å². The monoisotopic (exact) mass is 293 g/mol. The molecule has 0 saturated carbocycles. The summed E-state index contributed by atoms with van der Waals surface area (Å²) in [6.07, 6.45) is 0.901. The second-order valence-corrected chi connectivity index (χ2v) is 4.75. The predicted octanol–water partition coefficient (Wildman–Crippen LogP) is 2.26. The van der Waals surface area contributed by atoms with Gasteiger partial charge in [0.1, 0.15) is 12.1 Å². The smallest absolute Gasteiger partial charge is 0.273 e. The van der Waals surface area contributed by atoms with Crippen LogP contribution in [0.1, 0.15) is 20.3 Å². The Hall–Kier alpha value is -2.33. The maximum absolute atomic E-state index is 10.7. The molecule has 7 heteroatoms. The molecule has 0 spiro atoms. The van der Waals surface area contributed by atoms with Crippen molar-refractivity contribution in [3.05, 3.63) is 28.3 Å². The molecule has 1 unspecified atom stereocenters. The minimum atomic E-state index is -0.831. The van der Waals surface area contributed by atoms with Crippen LogP contribution in [0.25, 0.3) is 0 Å². The highest BCUT2D eigenvalue weighted by Gasteiger charge is 2.24.